The standard InChI is InChI=1S/C22H36N4O3S/c1-13(20(28)24-6-7-26-8-10-29-11-9-26)15-4-5-22(3)12-16-18(25-21(23)30-16)14(2)17(22)19(15)27/h13-15,17,19,27H,4-12H2,1-3H3,(H2,23,25)(H,24,28)/p+1/t13-,14-,15+,17+,19-,22-/m0/s1. The maximum atomic E-state index is 12.9. The lowest BCUT2D eigenvalue weighted by Crippen LogP contribution is -3.14. The minimum atomic E-state index is -0.500. The number of nitrogens with zero attached hydrogens (tertiary/aromatic N) is 1. The molecule has 3 aliphatic rings. The molecule has 168 valence electrons. The van der Waals surface area contributed by atoms with Gasteiger partial charge >= 0.3 is 0 Å². The zero-order valence-electron chi connectivity index (χ0n) is 18.4. The number of morpholine rings is 1. The van der Waals surface area contributed by atoms with Gasteiger partial charge in [0.05, 0.1) is 38.1 Å². The molecule has 1 aromatic heterocycles. The van der Waals surface area contributed by atoms with Gasteiger partial charge in [-0.2, -0.15) is 0 Å². The van der Waals surface area contributed by atoms with Gasteiger partial charge in [0.25, 0.3) is 0 Å². The first-order chi connectivity index (χ1) is 14.3. The van der Waals surface area contributed by atoms with Crippen LogP contribution in [0.5, 0.6) is 0 Å². The predicted molar refractivity (Wildman–Crippen MR) is 118 cm³/mol. The van der Waals surface area contributed by atoms with E-state index in [1.54, 1.807) is 11.3 Å². The number of aliphatic hydroxyl groups excluding tert-OH is 1. The third kappa shape index (κ3) is 4.11. The van der Waals surface area contributed by atoms with Crippen LogP contribution in [-0.4, -0.2) is 61.5 Å². The maximum absolute atomic E-state index is 12.9. The van der Waals surface area contributed by atoms with Gasteiger partial charge in [0.15, 0.2) is 5.13 Å². The number of fused-ring (bicyclic) bond motifs is 2. The van der Waals surface area contributed by atoms with Crippen molar-refractivity contribution < 1.29 is 19.5 Å². The summed E-state index contributed by atoms with van der Waals surface area (Å²) < 4.78 is 5.39. The molecule has 30 heavy (non-hydrogen) atoms. The lowest BCUT2D eigenvalue weighted by molar-refractivity contribution is -0.906. The minimum Gasteiger partial charge on any atom is -0.392 e. The lowest BCUT2D eigenvalue weighted by atomic mass is 9.53. The van der Waals surface area contributed by atoms with Crippen molar-refractivity contribution >= 4 is 22.4 Å². The van der Waals surface area contributed by atoms with E-state index in [0.29, 0.717) is 11.7 Å². The topological polar surface area (TPSA) is 102 Å². The third-order valence-corrected chi connectivity index (χ3v) is 8.87. The van der Waals surface area contributed by atoms with Crippen molar-refractivity contribution in [3.8, 4) is 0 Å². The summed E-state index contributed by atoms with van der Waals surface area (Å²) in [5.74, 6) is 0.123. The Hall–Kier alpha value is -1.22. The smallest absolute Gasteiger partial charge is 0.223 e. The van der Waals surface area contributed by atoms with Crippen molar-refractivity contribution in [3.05, 3.63) is 10.6 Å². The average molecular weight is 438 g/mol. The van der Waals surface area contributed by atoms with Crippen LogP contribution in [0.3, 0.4) is 0 Å². The Bertz CT molecular complexity index is 766. The normalized spacial score (nSPS) is 35.3. The summed E-state index contributed by atoms with van der Waals surface area (Å²) in [4.78, 5) is 20.2. The number of carbonyl (C=O) groups is 1. The van der Waals surface area contributed by atoms with E-state index < -0.39 is 6.10 Å². The van der Waals surface area contributed by atoms with Crippen LogP contribution in [0.1, 0.15) is 50.1 Å². The van der Waals surface area contributed by atoms with Crippen LogP contribution >= 0.6 is 11.3 Å². The van der Waals surface area contributed by atoms with Crippen LogP contribution in [0.25, 0.3) is 0 Å². The van der Waals surface area contributed by atoms with Gasteiger partial charge in [-0.05, 0) is 36.5 Å². The molecule has 2 heterocycles. The first kappa shape index (κ1) is 22.0. The average Bonchev–Trinajstić information content (AvgIpc) is 3.08. The Morgan fingerprint density at radius 1 is 1.47 bits per heavy atom. The fourth-order valence-electron chi connectivity index (χ4n) is 6.19. The van der Waals surface area contributed by atoms with Crippen molar-refractivity contribution in [2.75, 3.05) is 45.1 Å². The van der Waals surface area contributed by atoms with Crippen LogP contribution in [0.4, 0.5) is 5.13 Å². The number of rotatable bonds is 5. The van der Waals surface area contributed by atoms with E-state index in [0.717, 1.165) is 57.8 Å². The third-order valence-electron chi connectivity index (χ3n) is 7.97. The summed E-state index contributed by atoms with van der Waals surface area (Å²) in [6.45, 7) is 11.7. The quantitative estimate of drug-likeness (QED) is 0.536. The van der Waals surface area contributed by atoms with E-state index in [1.807, 2.05) is 6.92 Å². The highest BCUT2D eigenvalue weighted by molar-refractivity contribution is 7.15. The van der Waals surface area contributed by atoms with E-state index in [4.69, 9.17) is 10.5 Å². The number of nitrogen functional groups attached to an aromatic ring is 1. The number of quaternary nitrogens is 1. The highest BCUT2D eigenvalue weighted by atomic mass is 32.1. The van der Waals surface area contributed by atoms with Crippen molar-refractivity contribution in [2.24, 2.45) is 23.2 Å². The van der Waals surface area contributed by atoms with Crippen molar-refractivity contribution in [1.82, 2.24) is 10.3 Å². The lowest BCUT2D eigenvalue weighted by Gasteiger charge is -2.53. The molecule has 4 rings (SSSR count). The maximum Gasteiger partial charge on any atom is 0.223 e. The molecule has 7 nitrogen and oxygen atoms in total. The van der Waals surface area contributed by atoms with Gasteiger partial charge in [-0.15, -0.1) is 11.3 Å². The van der Waals surface area contributed by atoms with Gasteiger partial charge in [-0.1, -0.05) is 20.8 Å². The first-order valence-corrected chi connectivity index (χ1v) is 12.2. The number of anilines is 1. The molecule has 0 aromatic carbocycles. The second kappa shape index (κ2) is 8.73. The molecular formula is C22H37N4O3S+. The van der Waals surface area contributed by atoms with Gasteiger partial charge in [0.2, 0.25) is 5.91 Å². The zero-order chi connectivity index (χ0) is 21.5. The minimum absolute atomic E-state index is 0.0150. The Morgan fingerprint density at radius 3 is 2.93 bits per heavy atom. The molecule has 0 spiro atoms. The van der Waals surface area contributed by atoms with Gasteiger partial charge in [-0.25, -0.2) is 4.98 Å². The number of ether oxygens (including phenoxy) is 1. The van der Waals surface area contributed by atoms with E-state index in [2.05, 4.69) is 24.1 Å². The van der Waals surface area contributed by atoms with E-state index >= 15 is 0 Å². The Labute approximate surface area is 183 Å². The number of amides is 1. The molecule has 1 saturated heterocycles. The molecule has 1 amide bonds. The molecule has 8 heteroatoms. The van der Waals surface area contributed by atoms with E-state index in [9.17, 15) is 9.90 Å². The highest BCUT2D eigenvalue weighted by Crippen LogP contribution is 2.57. The van der Waals surface area contributed by atoms with Crippen LogP contribution in [0.2, 0.25) is 0 Å². The van der Waals surface area contributed by atoms with Gasteiger partial charge < -0.3 is 25.8 Å². The van der Waals surface area contributed by atoms with Gasteiger partial charge in [0.1, 0.15) is 13.1 Å². The molecule has 0 unspecified atom stereocenters. The SMILES string of the molecule is C[C@H](C(=O)NCC[NH+]1CCOCC1)[C@H]1CC[C@@]2(C)Cc3sc(N)nc3[C@@H](C)[C@@H]2[C@H]1O. The molecule has 5 N–H and O–H groups in total. The van der Waals surface area contributed by atoms with Crippen molar-refractivity contribution in [2.45, 2.75) is 52.1 Å². The number of hydrogen-bond acceptors (Lipinski definition) is 6. The van der Waals surface area contributed by atoms with Crippen LogP contribution in [-0.2, 0) is 16.0 Å². The number of nitrogens with one attached hydrogen (secondary N) is 2. The number of hydrogen-bond donors (Lipinski definition) is 4. The van der Waals surface area contributed by atoms with Crippen LogP contribution in [0, 0.1) is 23.2 Å². The highest BCUT2D eigenvalue weighted by Gasteiger charge is 2.53. The predicted octanol–water partition coefficient (Wildman–Crippen LogP) is 0.446. The Kier molecular flexibility index (Phi) is 6.40. The van der Waals surface area contributed by atoms with E-state index in [-0.39, 0.29) is 35.0 Å². The fourth-order valence-corrected chi connectivity index (χ4v) is 7.33. The number of nitrogens with two attached hydrogens (primary N) is 1. The number of thiazole rings is 1. The summed E-state index contributed by atoms with van der Waals surface area (Å²) in [7, 11) is 0. The van der Waals surface area contributed by atoms with Gasteiger partial charge in [0, 0.05) is 16.7 Å². The summed E-state index contributed by atoms with van der Waals surface area (Å²) in [6.07, 6.45) is 2.34. The molecule has 1 saturated carbocycles. The first-order valence-electron chi connectivity index (χ1n) is 11.4. The molecule has 0 bridgehead atoms. The van der Waals surface area contributed by atoms with Gasteiger partial charge in [-0.3, -0.25) is 4.79 Å². The number of aromatic nitrogens is 1. The summed E-state index contributed by atoms with van der Waals surface area (Å²) >= 11 is 1.59. The second-order valence-electron chi connectivity index (χ2n) is 9.89. The van der Waals surface area contributed by atoms with Crippen LogP contribution < -0.4 is 16.0 Å². The number of carbonyl (C=O) groups excluding carboxylic acids is 1. The Balaban J connectivity index is 1.39. The molecule has 0 radical (unpaired) electrons. The van der Waals surface area contributed by atoms with Crippen molar-refractivity contribution in [1.29, 1.82) is 0 Å². The largest absolute Gasteiger partial charge is 0.392 e. The zero-order valence-corrected chi connectivity index (χ0v) is 19.3. The summed E-state index contributed by atoms with van der Waals surface area (Å²) in [5, 5.41) is 15.2. The molecule has 6 atom stereocenters. The summed E-state index contributed by atoms with van der Waals surface area (Å²) in [5.41, 5.74) is 7.09. The number of aliphatic hydroxyl groups is 1. The monoisotopic (exact) mass is 437 g/mol. The molecule has 2 fully saturated rings. The van der Waals surface area contributed by atoms with E-state index in [1.165, 1.54) is 9.78 Å². The molecular weight excluding hydrogens is 400 g/mol. The van der Waals surface area contributed by atoms with Crippen molar-refractivity contribution in [3.63, 3.8) is 0 Å². The Morgan fingerprint density at radius 2 is 2.20 bits per heavy atom. The fraction of sp³-hybridized carbons (Fsp3) is 0.818. The molecule has 2 aliphatic carbocycles. The summed E-state index contributed by atoms with van der Waals surface area (Å²) in [6, 6.07) is 0. The molecule has 1 aromatic rings. The van der Waals surface area contributed by atoms with Crippen LogP contribution in [0.15, 0.2) is 0 Å². The molecule has 1 aliphatic heterocycles. The second-order valence-corrected chi connectivity index (χ2v) is 11.0.